The van der Waals surface area contributed by atoms with Crippen molar-refractivity contribution in [2.45, 2.75) is 58.3 Å². The van der Waals surface area contributed by atoms with Crippen LogP contribution in [0.4, 0.5) is 0 Å². The molecule has 0 N–H and O–H groups in total. The first-order chi connectivity index (χ1) is 5.99. The summed E-state index contributed by atoms with van der Waals surface area (Å²) < 4.78 is 11.4. The van der Waals surface area contributed by atoms with E-state index >= 15 is 0 Å². The van der Waals surface area contributed by atoms with Gasteiger partial charge in [0.1, 0.15) is 0 Å². The van der Waals surface area contributed by atoms with Crippen LogP contribution in [0.25, 0.3) is 0 Å². The van der Waals surface area contributed by atoms with Crippen molar-refractivity contribution in [1.29, 1.82) is 0 Å². The van der Waals surface area contributed by atoms with Crippen LogP contribution in [0.5, 0.6) is 0 Å². The molecule has 1 aliphatic heterocycles. The topological polar surface area (TPSA) is 18.5 Å². The van der Waals surface area contributed by atoms with Crippen molar-refractivity contribution < 1.29 is 9.47 Å². The van der Waals surface area contributed by atoms with Crippen LogP contribution in [-0.4, -0.2) is 24.9 Å². The maximum atomic E-state index is 6.04. The summed E-state index contributed by atoms with van der Waals surface area (Å²) in [5.74, 6) is 0.617. The molecule has 78 valence electrons. The molecular weight excluding hydrogens is 164 g/mol. The van der Waals surface area contributed by atoms with E-state index < -0.39 is 0 Å². The molecule has 0 aromatic carbocycles. The molecule has 1 fully saturated rings. The molecule has 2 heteroatoms. The van der Waals surface area contributed by atoms with Gasteiger partial charge in [0.25, 0.3) is 0 Å². The average Bonchev–Trinajstić information content (AvgIpc) is 2.48. The monoisotopic (exact) mass is 186 g/mol. The van der Waals surface area contributed by atoms with E-state index in [1.54, 1.807) is 7.11 Å². The van der Waals surface area contributed by atoms with Crippen LogP contribution in [0, 0.1) is 5.92 Å². The molecule has 0 saturated carbocycles. The van der Waals surface area contributed by atoms with Gasteiger partial charge in [-0.25, -0.2) is 0 Å². The highest BCUT2D eigenvalue weighted by molar-refractivity contribution is 4.90. The summed E-state index contributed by atoms with van der Waals surface area (Å²) in [5.41, 5.74) is -0.0658. The molecule has 0 aliphatic carbocycles. The molecule has 0 radical (unpaired) electrons. The van der Waals surface area contributed by atoms with Gasteiger partial charge in [0, 0.05) is 7.11 Å². The normalized spacial score (nSPS) is 36.9. The van der Waals surface area contributed by atoms with Crippen LogP contribution in [0.15, 0.2) is 0 Å². The molecule has 1 saturated heterocycles. The zero-order valence-electron chi connectivity index (χ0n) is 9.46. The van der Waals surface area contributed by atoms with Gasteiger partial charge in [0.05, 0.1) is 17.8 Å². The minimum Gasteiger partial charge on any atom is -0.379 e. The summed E-state index contributed by atoms with van der Waals surface area (Å²) in [5, 5.41) is 0. The Hall–Kier alpha value is -0.0800. The fourth-order valence-electron chi connectivity index (χ4n) is 1.91. The van der Waals surface area contributed by atoms with Crippen molar-refractivity contribution in [1.82, 2.24) is 0 Å². The summed E-state index contributed by atoms with van der Waals surface area (Å²) in [6.07, 6.45) is 2.89. The smallest absolute Gasteiger partial charge is 0.0916 e. The molecule has 1 aliphatic rings. The van der Waals surface area contributed by atoms with Gasteiger partial charge in [-0.1, -0.05) is 13.8 Å². The maximum absolute atomic E-state index is 6.04. The SMILES string of the molecule is COC(C)C1(C)CCC(C(C)C)O1. The largest absolute Gasteiger partial charge is 0.379 e. The van der Waals surface area contributed by atoms with Crippen LogP contribution in [0.3, 0.4) is 0 Å². The molecule has 13 heavy (non-hydrogen) atoms. The Morgan fingerprint density at radius 2 is 2.00 bits per heavy atom. The van der Waals surface area contributed by atoms with Gasteiger partial charge in [0.2, 0.25) is 0 Å². The first kappa shape index (κ1) is 11.0. The summed E-state index contributed by atoms with van der Waals surface area (Å²) in [6.45, 7) is 8.67. The molecule has 3 unspecified atom stereocenters. The molecule has 0 spiro atoms. The standard InChI is InChI=1S/C11H22O2/c1-8(2)10-6-7-11(4,13-10)9(3)12-5/h8-10H,6-7H2,1-5H3. The highest BCUT2D eigenvalue weighted by atomic mass is 16.6. The molecule has 2 nitrogen and oxygen atoms in total. The van der Waals surface area contributed by atoms with Crippen molar-refractivity contribution in [2.24, 2.45) is 5.92 Å². The number of ether oxygens (including phenoxy) is 2. The third-order valence-electron chi connectivity index (χ3n) is 3.30. The first-order valence-corrected chi connectivity index (χ1v) is 5.20. The second kappa shape index (κ2) is 3.97. The number of rotatable bonds is 3. The Morgan fingerprint density at radius 1 is 1.38 bits per heavy atom. The molecule has 1 rings (SSSR count). The first-order valence-electron chi connectivity index (χ1n) is 5.20. The van der Waals surface area contributed by atoms with E-state index in [1.807, 2.05) is 0 Å². The van der Waals surface area contributed by atoms with E-state index in [1.165, 1.54) is 6.42 Å². The van der Waals surface area contributed by atoms with Crippen LogP contribution >= 0.6 is 0 Å². The van der Waals surface area contributed by atoms with Crippen LogP contribution < -0.4 is 0 Å². The third-order valence-corrected chi connectivity index (χ3v) is 3.30. The van der Waals surface area contributed by atoms with Crippen LogP contribution in [0.1, 0.15) is 40.5 Å². The van der Waals surface area contributed by atoms with E-state index in [4.69, 9.17) is 9.47 Å². The second-order valence-corrected chi connectivity index (χ2v) is 4.63. The summed E-state index contributed by atoms with van der Waals surface area (Å²) >= 11 is 0. The van der Waals surface area contributed by atoms with Crippen molar-refractivity contribution >= 4 is 0 Å². The van der Waals surface area contributed by atoms with Gasteiger partial charge >= 0.3 is 0 Å². The average molecular weight is 186 g/mol. The molecule has 1 heterocycles. The van der Waals surface area contributed by atoms with Gasteiger partial charge in [-0.3, -0.25) is 0 Å². The van der Waals surface area contributed by atoms with Crippen molar-refractivity contribution in [2.75, 3.05) is 7.11 Å². The highest BCUT2D eigenvalue weighted by Gasteiger charge is 2.41. The zero-order chi connectivity index (χ0) is 10.1. The fraction of sp³-hybridized carbons (Fsp3) is 1.00. The Kier molecular flexibility index (Phi) is 3.36. The zero-order valence-corrected chi connectivity index (χ0v) is 9.46. The van der Waals surface area contributed by atoms with E-state index in [9.17, 15) is 0 Å². The summed E-state index contributed by atoms with van der Waals surface area (Å²) in [7, 11) is 1.75. The minimum atomic E-state index is -0.0658. The third kappa shape index (κ3) is 2.23. The highest BCUT2D eigenvalue weighted by Crippen LogP contribution is 2.36. The lowest BCUT2D eigenvalue weighted by molar-refractivity contribution is -0.119. The van der Waals surface area contributed by atoms with E-state index in [0.717, 1.165) is 6.42 Å². The van der Waals surface area contributed by atoms with Gasteiger partial charge in [-0.2, -0.15) is 0 Å². The van der Waals surface area contributed by atoms with Crippen molar-refractivity contribution in [3.05, 3.63) is 0 Å². The van der Waals surface area contributed by atoms with Gasteiger partial charge in [-0.05, 0) is 32.6 Å². The second-order valence-electron chi connectivity index (χ2n) is 4.63. The molecule has 0 aromatic rings. The van der Waals surface area contributed by atoms with E-state index in [0.29, 0.717) is 12.0 Å². The van der Waals surface area contributed by atoms with Gasteiger partial charge in [0.15, 0.2) is 0 Å². The quantitative estimate of drug-likeness (QED) is 0.674. The Labute approximate surface area is 81.6 Å². The van der Waals surface area contributed by atoms with E-state index in [-0.39, 0.29) is 11.7 Å². The van der Waals surface area contributed by atoms with Crippen molar-refractivity contribution in [3.8, 4) is 0 Å². The Morgan fingerprint density at radius 3 is 2.38 bits per heavy atom. The lowest BCUT2D eigenvalue weighted by Gasteiger charge is -2.31. The molecule has 3 atom stereocenters. The predicted molar refractivity (Wildman–Crippen MR) is 53.8 cm³/mol. The van der Waals surface area contributed by atoms with Gasteiger partial charge < -0.3 is 9.47 Å². The Balaban J connectivity index is 2.55. The number of hydrogen-bond acceptors (Lipinski definition) is 2. The molecule has 0 amide bonds. The lowest BCUT2D eigenvalue weighted by atomic mass is 9.95. The number of methoxy groups -OCH3 is 1. The maximum Gasteiger partial charge on any atom is 0.0916 e. The van der Waals surface area contributed by atoms with Crippen molar-refractivity contribution in [3.63, 3.8) is 0 Å². The van der Waals surface area contributed by atoms with Crippen LogP contribution in [0.2, 0.25) is 0 Å². The molecule has 0 bridgehead atoms. The Bertz CT molecular complexity index is 167. The lowest BCUT2D eigenvalue weighted by Crippen LogP contribution is -2.39. The molecule has 0 aromatic heterocycles. The fourth-order valence-corrected chi connectivity index (χ4v) is 1.91. The molecular formula is C11H22O2. The predicted octanol–water partition coefficient (Wildman–Crippen LogP) is 2.62. The summed E-state index contributed by atoms with van der Waals surface area (Å²) in [6, 6.07) is 0. The minimum absolute atomic E-state index is 0.0658. The summed E-state index contributed by atoms with van der Waals surface area (Å²) in [4.78, 5) is 0. The van der Waals surface area contributed by atoms with E-state index in [2.05, 4.69) is 27.7 Å². The van der Waals surface area contributed by atoms with Crippen LogP contribution in [-0.2, 0) is 9.47 Å². The van der Waals surface area contributed by atoms with Gasteiger partial charge in [-0.15, -0.1) is 0 Å². The number of hydrogen-bond donors (Lipinski definition) is 0.